The Morgan fingerprint density at radius 2 is 2.13 bits per heavy atom. The summed E-state index contributed by atoms with van der Waals surface area (Å²) in [4.78, 5) is 38.1. The number of hydrogen-bond donors (Lipinski definition) is 1. The largest absolute Gasteiger partial charge is 0.383 e. The van der Waals surface area contributed by atoms with Gasteiger partial charge in [0.1, 0.15) is 18.2 Å². The molecule has 1 unspecified atom stereocenters. The van der Waals surface area contributed by atoms with E-state index in [1.807, 2.05) is 30.3 Å². The van der Waals surface area contributed by atoms with Gasteiger partial charge in [-0.3, -0.25) is 9.59 Å². The third-order valence-electron chi connectivity index (χ3n) is 5.12. The number of nitrogens with two attached hydrogens (primary N) is 1. The van der Waals surface area contributed by atoms with Crippen LogP contribution in [0.25, 0.3) is 17.0 Å². The highest BCUT2D eigenvalue weighted by molar-refractivity contribution is 9.11. The van der Waals surface area contributed by atoms with Crippen LogP contribution in [-0.2, 0) is 16.1 Å². The number of rotatable bonds is 4. The highest BCUT2D eigenvalue weighted by Gasteiger charge is 2.33. The van der Waals surface area contributed by atoms with Crippen molar-refractivity contribution in [1.29, 1.82) is 0 Å². The Labute approximate surface area is 186 Å². The lowest BCUT2D eigenvalue weighted by atomic mass is 10.1. The second-order valence-corrected chi connectivity index (χ2v) is 9.55. The molecule has 0 saturated carbocycles. The predicted molar refractivity (Wildman–Crippen MR) is 122 cm³/mol. The molecule has 0 bridgehead atoms. The maximum atomic E-state index is 12.9. The number of fused-ring (bicyclic) bond motifs is 1. The van der Waals surface area contributed by atoms with Gasteiger partial charge in [0.15, 0.2) is 0 Å². The van der Waals surface area contributed by atoms with E-state index in [4.69, 9.17) is 5.73 Å². The molecule has 1 aliphatic rings. The monoisotopic (exact) mass is 485 g/mol. The minimum atomic E-state index is -0.510. The molecular weight excluding hydrogens is 466 g/mol. The molecule has 1 fully saturated rings. The van der Waals surface area contributed by atoms with Crippen LogP contribution >= 0.6 is 27.3 Å². The van der Waals surface area contributed by atoms with Gasteiger partial charge in [0.05, 0.1) is 9.30 Å². The van der Waals surface area contributed by atoms with Crippen LogP contribution in [0.3, 0.4) is 0 Å². The fourth-order valence-corrected chi connectivity index (χ4v) is 4.82. The van der Waals surface area contributed by atoms with Crippen molar-refractivity contribution in [2.45, 2.75) is 19.5 Å². The Morgan fingerprint density at radius 1 is 1.30 bits per heavy atom. The fourth-order valence-electron chi connectivity index (χ4n) is 3.50. The van der Waals surface area contributed by atoms with Gasteiger partial charge in [0.2, 0.25) is 11.8 Å². The van der Waals surface area contributed by atoms with Crippen molar-refractivity contribution in [3.05, 3.63) is 57.0 Å². The van der Waals surface area contributed by atoms with E-state index >= 15 is 0 Å². The van der Waals surface area contributed by atoms with Gasteiger partial charge in [-0.05, 0) is 58.8 Å². The Morgan fingerprint density at radius 3 is 2.90 bits per heavy atom. The summed E-state index contributed by atoms with van der Waals surface area (Å²) >= 11 is 4.96. The van der Waals surface area contributed by atoms with Crippen LogP contribution in [0.5, 0.6) is 0 Å². The van der Waals surface area contributed by atoms with Crippen molar-refractivity contribution in [2.24, 2.45) is 0 Å². The van der Waals surface area contributed by atoms with Crippen LogP contribution in [0.15, 0.2) is 46.5 Å². The molecule has 3 aromatic rings. The van der Waals surface area contributed by atoms with E-state index in [9.17, 15) is 9.59 Å². The fraction of sp³-hybridized carbons (Fsp3) is 0.238. The Kier molecular flexibility index (Phi) is 5.83. The summed E-state index contributed by atoms with van der Waals surface area (Å²) in [6.07, 6.45) is 4.75. The second-order valence-electron chi connectivity index (χ2n) is 7.05. The number of halogens is 1. The molecule has 9 heteroatoms. The molecule has 0 aliphatic carbocycles. The number of carbonyl (C=O) groups is 2. The molecule has 7 nitrogen and oxygen atoms in total. The average molecular weight is 486 g/mol. The van der Waals surface area contributed by atoms with Gasteiger partial charge in [-0.15, -0.1) is 11.3 Å². The Bertz CT molecular complexity index is 1150. The number of hydrogen-bond acceptors (Lipinski definition) is 6. The number of amides is 2. The van der Waals surface area contributed by atoms with E-state index < -0.39 is 6.04 Å². The molecular formula is C21H20BrN5O2S. The lowest BCUT2D eigenvalue weighted by Crippen LogP contribution is -2.56. The van der Waals surface area contributed by atoms with Crippen LogP contribution in [-0.4, -0.2) is 50.7 Å². The van der Waals surface area contributed by atoms with E-state index in [1.165, 1.54) is 12.4 Å². The van der Waals surface area contributed by atoms with E-state index in [0.29, 0.717) is 25.5 Å². The number of aromatic nitrogens is 2. The van der Waals surface area contributed by atoms with Gasteiger partial charge in [0, 0.05) is 36.0 Å². The molecule has 2 N–H and O–H groups in total. The zero-order chi connectivity index (χ0) is 21.3. The summed E-state index contributed by atoms with van der Waals surface area (Å²) in [6, 6.07) is 9.09. The van der Waals surface area contributed by atoms with Crippen molar-refractivity contribution >= 4 is 61.9 Å². The van der Waals surface area contributed by atoms with Crippen molar-refractivity contribution in [3.63, 3.8) is 0 Å². The zero-order valence-corrected chi connectivity index (χ0v) is 18.7. The Hall–Kier alpha value is -2.78. The van der Waals surface area contributed by atoms with Crippen molar-refractivity contribution in [1.82, 2.24) is 19.8 Å². The van der Waals surface area contributed by atoms with Crippen molar-refractivity contribution in [3.8, 4) is 0 Å². The first kappa shape index (κ1) is 20.5. The SMILES string of the molecule is CC1C(=O)N(Cc2ccc3c(N)ncnc3c2)CCN1C(=O)/C=C/c1ccc(Br)s1. The molecule has 1 atom stereocenters. The summed E-state index contributed by atoms with van der Waals surface area (Å²) in [7, 11) is 0. The first-order chi connectivity index (χ1) is 14.4. The smallest absolute Gasteiger partial charge is 0.247 e. The number of anilines is 1. The highest BCUT2D eigenvalue weighted by Crippen LogP contribution is 2.24. The van der Waals surface area contributed by atoms with Gasteiger partial charge in [-0.2, -0.15) is 0 Å². The van der Waals surface area contributed by atoms with Gasteiger partial charge < -0.3 is 15.5 Å². The molecule has 2 aromatic heterocycles. The topological polar surface area (TPSA) is 92.4 Å². The van der Waals surface area contributed by atoms with Crippen LogP contribution in [0.4, 0.5) is 5.82 Å². The molecule has 4 rings (SSSR count). The molecule has 1 aromatic carbocycles. The van der Waals surface area contributed by atoms with E-state index in [-0.39, 0.29) is 11.8 Å². The van der Waals surface area contributed by atoms with Crippen LogP contribution in [0, 0.1) is 0 Å². The predicted octanol–water partition coefficient (Wildman–Crippen LogP) is 3.31. The molecule has 3 heterocycles. The maximum absolute atomic E-state index is 12.9. The first-order valence-electron chi connectivity index (χ1n) is 9.44. The second kappa shape index (κ2) is 8.53. The van der Waals surface area contributed by atoms with E-state index in [0.717, 1.165) is 25.1 Å². The van der Waals surface area contributed by atoms with Crippen LogP contribution in [0.2, 0.25) is 0 Å². The summed E-state index contributed by atoms with van der Waals surface area (Å²) < 4.78 is 1.01. The average Bonchev–Trinajstić information content (AvgIpc) is 3.15. The summed E-state index contributed by atoms with van der Waals surface area (Å²) in [5, 5.41) is 0.793. The van der Waals surface area contributed by atoms with Crippen molar-refractivity contribution < 1.29 is 9.59 Å². The number of nitrogens with zero attached hydrogens (tertiary/aromatic N) is 4. The minimum absolute atomic E-state index is 0.0656. The number of benzene rings is 1. The summed E-state index contributed by atoms with van der Waals surface area (Å²) in [6.45, 7) is 3.21. The number of piperazine rings is 1. The third kappa shape index (κ3) is 4.22. The lowest BCUT2D eigenvalue weighted by molar-refractivity contribution is -0.148. The summed E-state index contributed by atoms with van der Waals surface area (Å²) in [5.41, 5.74) is 7.59. The normalized spacial score (nSPS) is 17.3. The molecule has 0 radical (unpaired) electrons. The molecule has 154 valence electrons. The Balaban J connectivity index is 1.43. The van der Waals surface area contributed by atoms with Gasteiger partial charge in [-0.1, -0.05) is 6.07 Å². The van der Waals surface area contributed by atoms with Gasteiger partial charge >= 0.3 is 0 Å². The van der Waals surface area contributed by atoms with E-state index in [1.54, 1.807) is 34.1 Å². The zero-order valence-electron chi connectivity index (χ0n) is 16.3. The number of nitrogen functional groups attached to an aromatic ring is 1. The molecule has 2 amide bonds. The molecule has 30 heavy (non-hydrogen) atoms. The lowest BCUT2D eigenvalue weighted by Gasteiger charge is -2.38. The van der Waals surface area contributed by atoms with Gasteiger partial charge in [-0.25, -0.2) is 9.97 Å². The first-order valence-corrected chi connectivity index (χ1v) is 11.1. The maximum Gasteiger partial charge on any atom is 0.247 e. The van der Waals surface area contributed by atoms with Crippen LogP contribution < -0.4 is 5.73 Å². The third-order valence-corrected chi connectivity index (χ3v) is 6.71. The number of thiophene rings is 1. The molecule has 1 aliphatic heterocycles. The molecule has 1 saturated heterocycles. The highest BCUT2D eigenvalue weighted by atomic mass is 79.9. The van der Waals surface area contributed by atoms with Crippen molar-refractivity contribution in [2.75, 3.05) is 18.8 Å². The summed E-state index contributed by atoms with van der Waals surface area (Å²) in [5.74, 6) is 0.216. The minimum Gasteiger partial charge on any atom is -0.383 e. The molecule has 0 spiro atoms. The standard InChI is InChI=1S/C21H20BrN5O2S/c1-13-21(29)26(11-14-2-5-16-17(10-14)24-12-25-20(16)23)8-9-27(13)19(28)7-4-15-3-6-18(22)30-15/h2-7,10,12-13H,8-9,11H2,1H3,(H2,23,24,25)/b7-4+. The van der Waals surface area contributed by atoms with Crippen LogP contribution in [0.1, 0.15) is 17.4 Å². The number of carbonyl (C=O) groups excluding carboxylic acids is 2. The van der Waals surface area contributed by atoms with E-state index in [2.05, 4.69) is 25.9 Å². The van der Waals surface area contributed by atoms with Gasteiger partial charge in [0.25, 0.3) is 0 Å². The quantitative estimate of drug-likeness (QED) is 0.572.